The molecule has 0 aliphatic rings. The van der Waals surface area contributed by atoms with Crippen LogP contribution in [0.2, 0.25) is 0 Å². The molecule has 2 aromatic heterocycles. The van der Waals surface area contributed by atoms with Gasteiger partial charge in [0, 0.05) is 0 Å². The van der Waals surface area contributed by atoms with Gasteiger partial charge in [0.15, 0.2) is 0 Å². The fraction of sp³-hybridized carbons (Fsp3) is 0.364. The molecule has 0 fully saturated rings. The molecule has 3 heteroatoms. The zero-order valence-electron chi connectivity index (χ0n) is 8.69. The zero-order chi connectivity index (χ0) is 10.2. The van der Waals surface area contributed by atoms with E-state index in [1.165, 1.54) is 0 Å². The summed E-state index contributed by atoms with van der Waals surface area (Å²) in [5.74, 6) is 0.864. The molecule has 0 amide bonds. The SMILES string of the molecule is CC(C)(C)Oc1ccc2cncn2c1. The molecule has 0 saturated carbocycles. The van der Waals surface area contributed by atoms with Crippen LogP contribution in [-0.4, -0.2) is 15.0 Å². The lowest BCUT2D eigenvalue weighted by atomic mass is 10.2. The van der Waals surface area contributed by atoms with E-state index in [-0.39, 0.29) is 5.60 Å². The molecule has 0 bridgehead atoms. The maximum absolute atomic E-state index is 5.73. The van der Waals surface area contributed by atoms with Crippen LogP contribution in [0.1, 0.15) is 20.8 Å². The van der Waals surface area contributed by atoms with Crippen LogP contribution in [0.4, 0.5) is 0 Å². The van der Waals surface area contributed by atoms with Crippen LogP contribution in [0.15, 0.2) is 30.9 Å². The van der Waals surface area contributed by atoms with Gasteiger partial charge in [-0.25, -0.2) is 4.98 Å². The summed E-state index contributed by atoms with van der Waals surface area (Å²) in [6, 6.07) is 3.95. The van der Waals surface area contributed by atoms with Crippen molar-refractivity contribution in [3.05, 3.63) is 30.9 Å². The van der Waals surface area contributed by atoms with Gasteiger partial charge in [-0.3, -0.25) is 0 Å². The molecule has 0 saturated heterocycles. The summed E-state index contributed by atoms with van der Waals surface area (Å²) in [7, 11) is 0. The quantitative estimate of drug-likeness (QED) is 0.690. The summed E-state index contributed by atoms with van der Waals surface area (Å²) in [6.45, 7) is 6.10. The van der Waals surface area contributed by atoms with Gasteiger partial charge in [0.05, 0.1) is 24.2 Å². The van der Waals surface area contributed by atoms with Gasteiger partial charge in [-0.15, -0.1) is 0 Å². The van der Waals surface area contributed by atoms with Crippen LogP contribution >= 0.6 is 0 Å². The first kappa shape index (κ1) is 9.06. The van der Waals surface area contributed by atoms with Gasteiger partial charge in [-0.1, -0.05) is 0 Å². The maximum atomic E-state index is 5.73. The summed E-state index contributed by atoms with van der Waals surface area (Å²) < 4.78 is 7.68. The summed E-state index contributed by atoms with van der Waals surface area (Å²) in [6.07, 6.45) is 5.53. The molecule has 74 valence electrons. The molecule has 0 atom stereocenters. The number of hydrogen-bond acceptors (Lipinski definition) is 2. The van der Waals surface area contributed by atoms with E-state index in [4.69, 9.17) is 4.74 Å². The molecule has 14 heavy (non-hydrogen) atoms. The molecule has 2 aromatic rings. The van der Waals surface area contributed by atoms with Crippen molar-refractivity contribution in [3.63, 3.8) is 0 Å². The second-order valence-corrected chi connectivity index (χ2v) is 4.31. The average Bonchev–Trinajstić information content (AvgIpc) is 2.47. The molecule has 3 nitrogen and oxygen atoms in total. The van der Waals surface area contributed by atoms with Gasteiger partial charge in [0.2, 0.25) is 0 Å². The van der Waals surface area contributed by atoms with Gasteiger partial charge >= 0.3 is 0 Å². The highest BCUT2D eigenvalue weighted by atomic mass is 16.5. The number of fused-ring (bicyclic) bond motifs is 1. The van der Waals surface area contributed by atoms with E-state index in [2.05, 4.69) is 4.98 Å². The van der Waals surface area contributed by atoms with E-state index in [1.807, 2.05) is 49.7 Å². The van der Waals surface area contributed by atoms with Crippen molar-refractivity contribution in [1.29, 1.82) is 0 Å². The summed E-state index contributed by atoms with van der Waals surface area (Å²) in [5.41, 5.74) is 0.917. The lowest BCUT2D eigenvalue weighted by Gasteiger charge is -2.21. The summed E-state index contributed by atoms with van der Waals surface area (Å²) in [5, 5.41) is 0. The van der Waals surface area contributed by atoms with Gasteiger partial charge < -0.3 is 9.14 Å². The number of nitrogens with zero attached hydrogens (tertiary/aromatic N) is 2. The molecule has 0 N–H and O–H groups in total. The number of hydrogen-bond donors (Lipinski definition) is 0. The number of rotatable bonds is 1. The van der Waals surface area contributed by atoms with E-state index in [1.54, 1.807) is 6.33 Å². The zero-order valence-corrected chi connectivity index (χ0v) is 8.69. The van der Waals surface area contributed by atoms with Crippen LogP contribution in [0.3, 0.4) is 0 Å². The fourth-order valence-electron chi connectivity index (χ4n) is 1.31. The second-order valence-electron chi connectivity index (χ2n) is 4.31. The third kappa shape index (κ3) is 1.87. The molecule has 0 radical (unpaired) electrons. The van der Waals surface area contributed by atoms with Crippen LogP contribution in [0.25, 0.3) is 5.52 Å². The monoisotopic (exact) mass is 190 g/mol. The summed E-state index contributed by atoms with van der Waals surface area (Å²) in [4.78, 5) is 4.05. The van der Waals surface area contributed by atoms with E-state index in [0.717, 1.165) is 11.3 Å². The highest BCUT2D eigenvalue weighted by molar-refractivity contribution is 5.46. The molecule has 0 spiro atoms. The van der Waals surface area contributed by atoms with E-state index >= 15 is 0 Å². The standard InChI is InChI=1S/C11H14N2O/c1-11(2,3)14-10-5-4-9-6-12-8-13(9)7-10/h4-8H,1-3H3. The number of pyridine rings is 1. The summed E-state index contributed by atoms with van der Waals surface area (Å²) >= 11 is 0. The van der Waals surface area contributed by atoms with Gasteiger partial charge in [-0.05, 0) is 32.9 Å². The Balaban J connectivity index is 2.35. The molecule has 0 aliphatic carbocycles. The first-order valence-electron chi connectivity index (χ1n) is 4.65. The molecule has 2 heterocycles. The minimum absolute atomic E-state index is 0.158. The Labute approximate surface area is 83.3 Å². The number of imidazole rings is 1. The lowest BCUT2D eigenvalue weighted by molar-refractivity contribution is 0.130. The van der Waals surface area contributed by atoms with Gasteiger partial charge in [0.25, 0.3) is 0 Å². The Morgan fingerprint density at radius 3 is 2.79 bits per heavy atom. The molecule has 0 aliphatic heterocycles. The lowest BCUT2D eigenvalue weighted by Crippen LogP contribution is -2.23. The molecule has 2 rings (SSSR count). The third-order valence-corrected chi connectivity index (χ3v) is 1.80. The molecule has 0 unspecified atom stereocenters. The van der Waals surface area contributed by atoms with Crippen molar-refractivity contribution in [2.24, 2.45) is 0 Å². The predicted molar refractivity (Wildman–Crippen MR) is 55.6 cm³/mol. The van der Waals surface area contributed by atoms with Crippen LogP contribution in [0, 0.1) is 0 Å². The Kier molecular flexibility index (Phi) is 1.95. The second kappa shape index (κ2) is 3.01. The highest BCUT2D eigenvalue weighted by Gasteiger charge is 2.11. The first-order valence-corrected chi connectivity index (χ1v) is 4.65. The van der Waals surface area contributed by atoms with Crippen LogP contribution < -0.4 is 4.74 Å². The van der Waals surface area contributed by atoms with E-state index in [0.29, 0.717) is 0 Å². The normalized spacial score (nSPS) is 11.9. The number of aromatic nitrogens is 2. The van der Waals surface area contributed by atoms with Crippen molar-refractivity contribution < 1.29 is 4.74 Å². The molecular formula is C11H14N2O. The third-order valence-electron chi connectivity index (χ3n) is 1.80. The van der Waals surface area contributed by atoms with Crippen molar-refractivity contribution in [3.8, 4) is 5.75 Å². The minimum Gasteiger partial charge on any atom is -0.487 e. The van der Waals surface area contributed by atoms with Crippen molar-refractivity contribution in [1.82, 2.24) is 9.38 Å². The van der Waals surface area contributed by atoms with Crippen molar-refractivity contribution in [2.75, 3.05) is 0 Å². The smallest absolute Gasteiger partial charge is 0.136 e. The number of ether oxygens (including phenoxy) is 1. The van der Waals surface area contributed by atoms with Crippen molar-refractivity contribution in [2.45, 2.75) is 26.4 Å². The van der Waals surface area contributed by atoms with Crippen LogP contribution in [0.5, 0.6) is 5.75 Å². The van der Waals surface area contributed by atoms with Gasteiger partial charge in [0.1, 0.15) is 11.4 Å². The molecule has 0 aromatic carbocycles. The Morgan fingerprint density at radius 1 is 1.29 bits per heavy atom. The Bertz CT molecular complexity index is 440. The average molecular weight is 190 g/mol. The van der Waals surface area contributed by atoms with E-state index in [9.17, 15) is 0 Å². The fourth-order valence-corrected chi connectivity index (χ4v) is 1.31. The first-order chi connectivity index (χ1) is 6.54. The van der Waals surface area contributed by atoms with E-state index < -0.39 is 0 Å². The Hall–Kier alpha value is -1.51. The largest absolute Gasteiger partial charge is 0.487 e. The highest BCUT2D eigenvalue weighted by Crippen LogP contribution is 2.18. The van der Waals surface area contributed by atoms with Gasteiger partial charge in [-0.2, -0.15) is 0 Å². The molecular weight excluding hydrogens is 176 g/mol. The minimum atomic E-state index is -0.158. The topological polar surface area (TPSA) is 26.5 Å². The maximum Gasteiger partial charge on any atom is 0.136 e. The predicted octanol–water partition coefficient (Wildman–Crippen LogP) is 2.51. The Morgan fingerprint density at radius 2 is 2.07 bits per heavy atom. The van der Waals surface area contributed by atoms with Crippen LogP contribution in [-0.2, 0) is 0 Å². The van der Waals surface area contributed by atoms with Crippen molar-refractivity contribution >= 4 is 5.52 Å².